The first-order valence-electron chi connectivity index (χ1n) is 3.38. The Kier molecular flexibility index (Phi) is 2.27. The molecule has 0 aliphatic heterocycles. The average molecular weight is 131 g/mol. The molecular weight excluding hydrogens is 120 g/mol. The van der Waals surface area contributed by atoms with Gasteiger partial charge in [-0.15, -0.1) is 0 Å². The van der Waals surface area contributed by atoms with Crippen molar-refractivity contribution in [2.24, 2.45) is 0 Å². The van der Waals surface area contributed by atoms with Crippen LogP contribution in [0.3, 0.4) is 0 Å². The summed E-state index contributed by atoms with van der Waals surface area (Å²) in [5.74, 6) is 0. The second-order valence-corrected chi connectivity index (χ2v) is 2.20. The van der Waals surface area contributed by atoms with Crippen molar-refractivity contribution in [1.82, 2.24) is 0 Å². The summed E-state index contributed by atoms with van der Waals surface area (Å²) < 4.78 is 0. The maximum Gasteiger partial charge on any atom is -0.0228 e. The standard InChI is InChI=1S/C10H11/c1-3-6-10-8-5-4-7-9(10)2/h3-8H,2H2,1H3/b6-3-. The molecule has 0 saturated heterocycles. The molecular formula is C10H11. The van der Waals surface area contributed by atoms with E-state index in [1.54, 1.807) is 0 Å². The number of rotatable bonds is 1. The molecule has 0 heterocycles. The first-order chi connectivity index (χ1) is 4.84. The number of hydrogen-bond donors (Lipinski definition) is 0. The van der Waals surface area contributed by atoms with Gasteiger partial charge in [0.05, 0.1) is 0 Å². The summed E-state index contributed by atoms with van der Waals surface area (Å²) in [7, 11) is 0. The highest BCUT2D eigenvalue weighted by atomic mass is 13.9. The molecule has 0 atom stereocenters. The van der Waals surface area contributed by atoms with Crippen molar-refractivity contribution in [3.05, 3.63) is 48.4 Å². The van der Waals surface area contributed by atoms with Crippen molar-refractivity contribution in [2.45, 2.75) is 6.92 Å². The van der Waals surface area contributed by atoms with E-state index in [0.29, 0.717) is 0 Å². The highest BCUT2D eigenvalue weighted by Gasteiger charge is 1.87. The minimum absolute atomic E-state index is 1.08. The van der Waals surface area contributed by atoms with Gasteiger partial charge in [0.2, 0.25) is 0 Å². The Balaban J connectivity index is 3.03. The number of benzene rings is 1. The summed E-state index contributed by atoms with van der Waals surface area (Å²) >= 11 is 0. The molecule has 0 bridgehead atoms. The van der Waals surface area contributed by atoms with Gasteiger partial charge in [0, 0.05) is 0 Å². The van der Waals surface area contributed by atoms with Crippen molar-refractivity contribution in [3.8, 4) is 0 Å². The van der Waals surface area contributed by atoms with Gasteiger partial charge in [-0.2, -0.15) is 0 Å². The van der Waals surface area contributed by atoms with E-state index in [0.717, 1.165) is 5.56 Å². The van der Waals surface area contributed by atoms with E-state index in [1.807, 2.05) is 31.2 Å². The maximum absolute atomic E-state index is 3.89. The Morgan fingerprint density at radius 3 is 2.60 bits per heavy atom. The van der Waals surface area contributed by atoms with Gasteiger partial charge >= 0.3 is 0 Å². The first-order valence-corrected chi connectivity index (χ1v) is 3.38. The molecule has 0 aliphatic rings. The number of hydrogen-bond acceptors (Lipinski definition) is 0. The Morgan fingerprint density at radius 2 is 2.00 bits per heavy atom. The van der Waals surface area contributed by atoms with E-state index in [4.69, 9.17) is 0 Å². The van der Waals surface area contributed by atoms with Crippen molar-refractivity contribution >= 4 is 6.08 Å². The highest BCUT2D eigenvalue weighted by Crippen LogP contribution is 2.07. The normalized spacial score (nSPS) is 10.6. The monoisotopic (exact) mass is 131 g/mol. The van der Waals surface area contributed by atoms with E-state index in [9.17, 15) is 0 Å². The molecule has 0 heteroatoms. The Hall–Kier alpha value is -1.04. The highest BCUT2D eigenvalue weighted by molar-refractivity contribution is 5.54. The van der Waals surface area contributed by atoms with Gasteiger partial charge in [0.15, 0.2) is 0 Å². The molecule has 0 aromatic heterocycles. The Labute approximate surface area is 62.2 Å². The lowest BCUT2D eigenvalue weighted by Crippen LogP contribution is -1.76. The number of allylic oxidation sites excluding steroid dienone is 1. The van der Waals surface area contributed by atoms with Gasteiger partial charge in [-0.25, -0.2) is 0 Å². The molecule has 0 saturated carbocycles. The maximum atomic E-state index is 3.89. The van der Waals surface area contributed by atoms with Crippen LogP contribution in [0.5, 0.6) is 0 Å². The Bertz CT molecular complexity index is 234. The SMILES string of the molecule is [CH2]c1ccccc1/C=C\C. The smallest absolute Gasteiger partial charge is 0.0228 e. The lowest BCUT2D eigenvalue weighted by Gasteiger charge is -1.96. The molecule has 1 rings (SSSR count). The largest absolute Gasteiger partial charge is 0.0871 e. The first kappa shape index (κ1) is 7.07. The third-order valence-electron chi connectivity index (χ3n) is 1.40. The minimum Gasteiger partial charge on any atom is -0.0871 e. The third-order valence-corrected chi connectivity index (χ3v) is 1.40. The predicted octanol–water partition coefficient (Wildman–Crippen LogP) is 2.90. The molecule has 0 N–H and O–H groups in total. The molecule has 1 aromatic rings. The van der Waals surface area contributed by atoms with E-state index in [1.165, 1.54) is 5.56 Å². The molecule has 0 aliphatic carbocycles. The van der Waals surface area contributed by atoms with Crippen LogP contribution < -0.4 is 0 Å². The summed E-state index contributed by atoms with van der Waals surface area (Å²) in [4.78, 5) is 0. The Morgan fingerprint density at radius 1 is 1.30 bits per heavy atom. The van der Waals surface area contributed by atoms with Gasteiger partial charge < -0.3 is 0 Å². The fourth-order valence-electron chi connectivity index (χ4n) is 0.876. The average Bonchev–Trinajstić information content (AvgIpc) is 1.94. The van der Waals surface area contributed by atoms with Crippen LogP contribution >= 0.6 is 0 Å². The summed E-state index contributed by atoms with van der Waals surface area (Å²) in [5, 5.41) is 0. The molecule has 0 unspecified atom stereocenters. The van der Waals surface area contributed by atoms with Crippen LogP contribution in [0.25, 0.3) is 6.08 Å². The lowest BCUT2D eigenvalue weighted by molar-refractivity contribution is 1.56. The fourth-order valence-corrected chi connectivity index (χ4v) is 0.876. The van der Waals surface area contributed by atoms with Gasteiger partial charge in [0.1, 0.15) is 0 Å². The van der Waals surface area contributed by atoms with Gasteiger partial charge in [0.25, 0.3) is 0 Å². The van der Waals surface area contributed by atoms with E-state index in [2.05, 4.69) is 19.1 Å². The van der Waals surface area contributed by atoms with Crippen molar-refractivity contribution in [3.63, 3.8) is 0 Å². The second-order valence-electron chi connectivity index (χ2n) is 2.20. The summed E-state index contributed by atoms with van der Waals surface area (Å²) in [5.41, 5.74) is 2.28. The topological polar surface area (TPSA) is 0 Å². The van der Waals surface area contributed by atoms with Crippen molar-refractivity contribution < 1.29 is 0 Å². The van der Waals surface area contributed by atoms with Crippen LogP contribution in [0, 0.1) is 6.92 Å². The lowest BCUT2D eigenvalue weighted by atomic mass is 10.1. The molecule has 10 heavy (non-hydrogen) atoms. The van der Waals surface area contributed by atoms with Crippen LogP contribution in [-0.4, -0.2) is 0 Å². The zero-order valence-corrected chi connectivity index (χ0v) is 6.17. The minimum atomic E-state index is 1.08. The van der Waals surface area contributed by atoms with Gasteiger partial charge in [-0.1, -0.05) is 36.4 Å². The quantitative estimate of drug-likeness (QED) is 0.549. The van der Waals surface area contributed by atoms with Crippen LogP contribution in [0.4, 0.5) is 0 Å². The molecule has 51 valence electrons. The molecule has 0 spiro atoms. The third kappa shape index (κ3) is 1.47. The summed E-state index contributed by atoms with van der Waals surface area (Å²) in [6, 6.07) is 8.08. The summed E-state index contributed by atoms with van der Waals surface area (Å²) in [6.07, 6.45) is 4.08. The fraction of sp³-hybridized carbons (Fsp3) is 0.100. The van der Waals surface area contributed by atoms with Crippen LogP contribution in [0.2, 0.25) is 0 Å². The van der Waals surface area contributed by atoms with Crippen molar-refractivity contribution in [1.29, 1.82) is 0 Å². The van der Waals surface area contributed by atoms with Crippen molar-refractivity contribution in [2.75, 3.05) is 0 Å². The molecule has 0 nitrogen and oxygen atoms in total. The molecule has 0 amide bonds. The van der Waals surface area contributed by atoms with Crippen LogP contribution in [-0.2, 0) is 0 Å². The molecule has 1 aromatic carbocycles. The molecule has 1 radical (unpaired) electrons. The second kappa shape index (κ2) is 3.21. The predicted molar refractivity (Wildman–Crippen MR) is 45.6 cm³/mol. The van der Waals surface area contributed by atoms with E-state index >= 15 is 0 Å². The summed E-state index contributed by atoms with van der Waals surface area (Å²) in [6.45, 7) is 5.89. The van der Waals surface area contributed by atoms with Crippen LogP contribution in [0.15, 0.2) is 30.3 Å². The van der Waals surface area contributed by atoms with Gasteiger partial charge in [-0.05, 0) is 25.0 Å². The van der Waals surface area contributed by atoms with Crippen LogP contribution in [0.1, 0.15) is 18.1 Å². The van der Waals surface area contributed by atoms with E-state index < -0.39 is 0 Å². The molecule has 0 fully saturated rings. The zero-order valence-electron chi connectivity index (χ0n) is 6.17. The zero-order chi connectivity index (χ0) is 7.40. The van der Waals surface area contributed by atoms with E-state index in [-0.39, 0.29) is 0 Å². The van der Waals surface area contributed by atoms with Gasteiger partial charge in [-0.3, -0.25) is 0 Å².